The summed E-state index contributed by atoms with van der Waals surface area (Å²) < 4.78 is 10.5. The summed E-state index contributed by atoms with van der Waals surface area (Å²) >= 11 is 1.84. The summed E-state index contributed by atoms with van der Waals surface area (Å²) in [7, 11) is 1.71. The van der Waals surface area contributed by atoms with Crippen LogP contribution in [0.3, 0.4) is 0 Å². The molecule has 0 amide bonds. The number of hydrogen-bond acceptors (Lipinski definition) is 4. The van der Waals surface area contributed by atoms with Crippen LogP contribution in [0.25, 0.3) is 0 Å². The molecule has 92 valence electrons. The lowest BCUT2D eigenvalue weighted by Gasteiger charge is -2.07. The first-order chi connectivity index (χ1) is 8.38. The normalized spacial score (nSPS) is 9.88. The van der Waals surface area contributed by atoms with Crippen LogP contribution in [-0.4, -0.2) is 31.8 Å². The van der Waals surface area contributed by atoms with Gasteiger partial charge < -0.3 is 9.47 Å². The summed E-state index contributed by atoms with van der Waals surface area (Å²) in [5.74, 6) is 2.69. The molecule has 0 aromatic heterocycles. The molecule has 0 aliphatic rings. The Morgan fingerprint density at radius 3 is 2.82 bits per heavy atom. The largest absolute Gasteiger partial charge is 0.491 e. The molecule has 0 bridgehead atoms. The quantitative estimate of drug-likeness (QED) is 0.666. The van der Waals surface area contributed by atoms with Crippen LogP contribution in [-0.2, 0) is 4.74 Å². The Kier molecular flexibility index (Phi) is 7.28. The molecule has 0 saturated carbocycles. The number of nitrogens with zero attached hydrogens (tertiary/aromatic N) is 1. The maximum Gasteiger partial charge on any atom is 0.137 e. The van der Waals surface area contributed by atoms with Crippen LogP contribution in [0.2, 0.25) is 0 Å². The van der Waals surface area contributed by atoms with Crippen molar-refractivity contribution >= 4 is 11.8 Å². The van der Waals surface area contributed by atoms with Crippen LogP contribution < -0.4 is 4.74 Å². The predicted octanol–water partition coefficient (Wildman–Crippen LogP) is 2.71. The minimum Gasteiger partial charge on any atom is -0.491 e. The van der Waals surface area contributed by atoms with E-state index < -0.39 is 0 Å². The standard InChI is InChI=1S/C13H17NO2S/c1-15-7-4-9-17-10-8-16-13-6-3-2-5-12(13)11-14/h2-3,5-6H,4,7-10H2,1H3. The van der Waals surface area contributed by atoms with Crippen LogP contribution in [0.15, 0.2) is 24.3 Å². The van der Waals surface area contributed by atoms with Gasteiger partial charge >= 0.3 is 0 Å². The Bertz CT molecular complexity index is 363. The highest BCUT2D eigenvalue weighted by atomic mass is 32.2. The second-order valence-electron chi connectivity index (χ2n) is 3.42. The molecule has 17 heavy (non-hydrogen) atoms. The molecule has 3 nitrogen and oxygen atoms in total. The molecule has 0 fully saturated rings. The molecule has 4 heteroatoms. The zero-order valence-corrected chi connectivity index (χ0v) is 10.8. The maximum absolute atomic E-state index is 8.87. The fraction of sp³-hybridized carbons (Fsp3) is 0.462. The molecule has 0 unspecified atom stereocenters. The van der Waals surface area contributed by atoms with Crippen molar-refractivity contribution in [2.45, 2.75) is 6.42 Å². The van der Waals surface area contributed by atoms with Gasteiger partial charge in [0.05, 0.1) is 12.2 Å². The van der Waals surface area contributed by atoms with Gasteiger partial charge in [0.2, 0.25) is 0 Å². The number of para-hydroxylation sites is 1. The average molecular weight is 251 g/mol. The molecule has 0 aliphatic heterocycles. The van der Waals surface area contributed by atoms with Gasteiger partial charge in [-0.25, -0.2) is 0 Å². The second kappa shape index (κ2) is 8.91. The van der Waals surface area contributed by atoms with E-state index in [9.17, 15) is 0 Å². The van der Waals surface area contributed by atoms with Crippen LogP contribution in [0, 0.1) is 11.3 Å². The van der Waals surface area contributed by atoms with E-state index in [2.05, 4.69) is 6.07 Å². The van der Waals surface area contributed by atoms with Crippen molar-refractivity contribution in [3.05, 3.63) is 29.8 Å². The van der Waals surface area contributed by atoms with Gasteiger partial charge in [-0.2, -0.15) is 17.0 Å². The zero-order chi connectivity index (χ0) is 12.3. The molecule has 0 radical (unpaired) electrons. The van der Waals surface area contributed by atoms with Crippen molar-refractivity contribution in [3.63, 3.8) is 0 Å². The average Bonchev–Trinajstić information content (AvgIpc) is 2.38. The summed E-state index contributed by atoms with van der Waals surface area (Å²) in [6.07, 6.45) is 1.07. The molecule has 0 heterocycles. The third-order valence-corrected chi connectivity index (χ3v) is 3.16. The van der Waals surface area contributed by atoms with Gasteiger partial charge in [0.25, 0.3) is 0 Å². The second-order valence-corrected chi connectivity index (χ2v) is 4.64. The Labute approximate surface area is 107 Å². The lowest BCUT2D eigenvalue weighted by molar-refractivity contribution is 0.200. The minimum absolute atomic E-state index is 0.594. The van der Waals surface area contributed by atoms with Crippen molar-refractivity contribution in [1.82, 2.24) is 0 Å². The number of hydrogen-bond donors (Lipinski definition) is 0. The lowest BCUT2D eigenvalue weighted by Crippen LogP contribution is -2.02. The van der Waals surface area contributed by atoms with Crippen molar-refractivity contribution in [2.75, 3.05) is 31.8 Å². The van der Waals surface area contributed by atoms with Gasteiger partial charge in [-0.1, -0.05) is 12.1 Å². The highest BCUT2D eigenvalue weighted by Crippen LogP contribution is 2.16. The molecule has 0 N–H and O–H groups in total. The van der Waals surface area contributed by atoms with E-state index in [0.717, 1.165) is 24.5 Å². The first-order valence-electron chi connectivity index (χ1n) is 5.57. The summed E-state index contributed by atoms with van der Waals surface area (Å²) in [5.41, 5.74) is 0.594. The molecule has 0 atom stereocenters. The predicted molar refractivity (Wildman–Crippen MR) is 70.5 cm³/mol. The molecular formula is C13H17NO2S. The Morgan fingerprint density at radius 1 is 1.24 bits per heavy atom. The first kappa shape index (κ1) is 13.9. The summed E-state index contributed by atoms with van der Waals surface area (Å²) in [5, 5.41) is 8.87. The van der Waals surface area contributed by atoms with E-state index in [1.165, 1.54) is 0 Å². The number of rotatable bonds is 8. The molecule has 0 aliphatic carbocycles. The summed E-state index contributed by atoms with van der Waals surface area (Å²) in [6.45, 7) is 1.45. The van der Waals surface area contributed by atoms with Crippen LogP contribution in [0.4, 0.5) is 0 Å². The number of ether oxygens (including phenoxy) is 2. The van der Waals surface area contributed by atoms with E-state index in [1.807, 2.05) is 30.0 Å². The van der Waals surface area contributed by atoms with Gasteiger partial charge in [-0.15, -0.1) is 0 Å². The topological polar surface area (TPSA) is 42.2 Å². The SMILES string of the molecule is COCCCSCCOc1ccccc1C#N. The fourth-order valence-electron chi connectivity index (χ4n) is 1.30. The van der Waals surface area contributed by atoms with E-state index in [1.54, 1.807) is 13.2 Å². The smallest absolute Gasteiger partial charge is 0.137 e. The minimum atomic E-state index is 0.594. The van der Waals surface area contributed by atoms with Crippen molar-refractivity contribution in [2.24, 2.45) is 0 Å². The van der Waals surface area contributed by atoms with Gasteiger partial charge in [-0.3, -0.25) is 0 Å². The van der Waals surface area contributed by atoms with Crippen LogP contribution in [0.5, 0.6) is 5.75 Å². The van der Waals surface area contributed by atoms with E-state index >= 15 is 0 Å². The highest BCUT2D eigenvalue weighted by molar-refractivity contribution is 7.99. The Balaban J connectivity index is 2.16. The Hall–Kier alpha value is -1.18. The first-order valence-corrected chi connectivity index (χ1v) is 6.72. The molecular weight excluding hydrogens is 234 g/mol. The Morgan fingerprint density at radius 2 is 2.06 bits per heavy atom. The monoisotopic (exact) mass is 251 g/mol. The molecule has 1 rings (SSSR count). The van der Waals surface area contributed by atoms with E-state index in [4.69, 9.17) is 14.7 Å². The van der Waals surface area contributed by atoms with Gasteiger partial charge in [0.15, 0.2) is 0 Å². The van der Waals surface area contributed by atoms with Crippen molar-refractivity contribution in [1.29, 1.82) is 5.26 Å². The highest BCUT2D eigenvalue weighted by Gasteiger charge is 2.00. The summed E-state index contributed by atoms with van der Waals surface area (Å²) in [4.78, 5) is 0. The maximum atomic E-state index is 8.87. The molecule has 0 saturated heterocycles. The number of thioether (sulfide) groups is 1. The number of benzene rings is 1. The van der Waals surface area contributed by atoms with Crippen LogP contribution >= 0.6 is 11.8 Å². The zero-order valence-electron chi connectivity index (χ0n) is 10.0. The van der Waals surface area contributed by atoms with Crippen LogP contribution in [0.1, 0.15) is 12.0 Å². The molecule has 1 aromatic rings. The molecule has 1 aromatic carbocycles. The third-order valence-electron chi connectivity index (χ3n) is 2.13. The van der Waals surface area contributed by atoms with Gasteiger partial charge in [-0.05, 0) is 24.3 Å². The fourth-order valence-corrected chi connectivity index (χ4v) is 2.03. The van der Waals surface area contributed by atoms with Gasteiger partial charge in [0.1, 0.15) is 11.8 Å². The summed E-state index contributed by atoms with van der Waals surface area (Å²) in [6, 6.07) is 9.42. The third kappa shape index (κ3) is 5.62. The number of nitriles is 1. The van der Waals surface area contributed by atoms with Crippen molar-refractivity contribution < 1.29 is 9.47 Å². The van der Waals surface area contributed by atoms with Gasteiger partial charge in [0, 0.05) is 19.5 Å². The number of methoxy groups -OCH3 is 1. The van der Waals surface area contributed by atoms with E-state index in [0.29, 0.717) is 17.9 Å². The van der Waals surface area contributed by atoms with E-state index in [-0.39, 0.29) is 0 Å². The lowest BCUT2D eigenvalue weighted by atomic mass is 10.2. The van der Waals surface area contributed by atoms with Crippen molar-refractivity contribution in [3.8, 4) is 11.8 Å². The molecule has 0 spiro atoms.